The third kappa shape index (κ3) is 3.46. The number of hydrogen-bond acceptors (Lipinski definition) is 4. The van der Waals surface area contributed by atoms with Crippen LogP contribution in [-0.4, -0.2) is 8.42 Å². The van der Waals surface area contributed by atoms with Crippen molar-refractivity contribution in [3.63, 3.8) is 0 Å². The quantitative estimate of drug-likeness (QED) is 0.747. The summed E-state index contributed by atoms with van der Waals surface area (Å²) in [5.74, 6) is -0.327. The Kier molecular flexibility index (Phi) is 3.91. The second kappa shape index (κ2) is 5.48. The van der Waals surface area contributed by atoms with E-state index in [2.05, 4.69) is 5.32 Å². The normalized spacial score (nSPS) is 11.3. The van der Waals surface area contributed by atoms with Gasteiger partial charge in [-0.15, -0.1) is 0 Å². The van der Waals surface area contributed by atoms with Crippen molar-refractivity contribution in [3.8, 4) is 0 Å². The molecule has 0 heterocycles. The lowest BCUT2D eigenvalue weighted by Gasteiger charge is -2.11. The van der Waals surface area contributed by atoms with Gasteiger partial charge >= 0.3 is 0 Å². The highest BCUT2D eigenvalue weighted by Crippen LogP contribution is 2.23. The van der Waals surface area contributed by atoms with Crippen molar-refractivity contribution in [1.29, 1.82) is 0 Å². The predicted molar refractivity (Wildman–Crippen MR) is 76.0 cm³/mol. The van der Waals surface area contributed by atoms with Crippen LogP contribution in [0.15, 0.2) is 47.4 Å². The molecule has 0 radical (unpaired) electrons. The molecule has 0 aromatic heterocycles. The fourth-order valence-corrected chi connectivity index (χ4v) is 2.47. The van der Waals surface area contributed by atoms with Crippen molar-refractivity contribution < 1.29 is 12.8 Å². The molecule has 0 bridgehead atoms. The molecule has 0 aliphatic heterocycles. The fourth-order valence-electron chi connectivity index (χ4n) is 1.72. The molecule has 2 aromatic carbocycles. The van der Waals surface area contributed by atoms with E-state index in [0.717, 1.165) is 5.56 Å². The van der Waals surface area contributed by atoms with Crippen molar-refractivity contribution in [2.45, 2.75) is 11.4 Å². The van der Waals surface area contributed by atoms with Crippen molar-refractivity contribution in [1.82, 2.24) is 0 Å². The molecule has 0 unspecified atom stereocenters. The second-order valence-corrected chi connectivity index (χ2v) is 5.81. The average molecular weight is 295 g/mol. The van der Waals surface area contributed by atoms with Crippen molar-refractivity contribution in [2.24, 2.45) is 5.14 Å². The molecule has 0 aliphatic carbocycles. The van der Waals surface area contributed by atoms with E-state index < -0.39 is 10.0 Å². The van der Waals surface area contributed by atoms with Crippen molar-refractivity contribution in [2.75, 3.05) is 11.1 Å². The third-order valence-corrected chi connectivity index (χ3v) is 3.66. The molecule has 0 saturated heterocycles. The predicted octanol–water partition coefficient (Wildman–Crippen LogP) is 1.67. The van der Waals surface area contributed by atoms with Crippen LogP contribution in [0.2, 0.25) is 0 Å². The van der Waals surface area contributed by atoms with E-state index in [1.807, 2.05) is 0 Å². The van der Waals surface area contributed by atoms with Gasteiger partial charge in [0.15, 0.2) is 0 Å². The summed E-state index contributed by atoms with van der Waals surface area (Å²) >= 11 is 0. The van der Waals surface area contributed by atoms with Gasteiger partial charge in [-0.25, -0.2) is 17.9 Å². The van der Waals surface area contributed by atoms with Crippen LogP contribution >= 0.6 is 0 Å². The molecule has 0 fully saturated rings. The maximum absolute atomic E-state index is 12.8. The zero-order chi connectivity index (χ0) is 14.8. The lowest BCUT2D eigenvalue weighted by Crippen LogP contribution is -2.15. The van der Waals surface area contributed by atoms with Gasteiger partial charge in [0.25, 0.3) is 0 Å². The first-order valence-corrected chi connectivity index (χ1v) is 7.31. The summed E-state index contributed by atoms with van der Waals surface area (Å²) in [6.07, 6.45) is 0. The Hall–Kier alpha value is -2.12. The summed E-state index contributed by atoms with van der Waals surface area (Å²) in [5, 5.41) is 8.09. The number of sulfonamides is 1. The number of rotatable bonds is 4. The van der Waals surface area contributed by atoms with Crippen LogP contribution in [0, 0.1) is 5.82 Å². The zero-order valence-corrected chi connectivity index (χ0v) is 11.3. The number of anilines is 2. The minimum absolute atomic E-state index is 0.0698. The molecule has 5 N–H and O–H groups in total. The van der Waals surface area contributed by atoms with E-state index in [4.69, 9.17) is 10.9 Å². The van der Waals surface area contributed by atoms with Gasteiger partial charge in [-0.2, -0.15) is 0 Å². The molecule has 106 valence electrons. The number of halogens is 1. The molecule has 7 heteroatoms. The van der Waals surface area contributed by atoms with Crippen molar-refractivity contribution in [3.05, 3.63) is 53.8 Å². The Morgan fingerprint density at radius 2 is 1.75 bits per heavy atom. The number of hydrogen-bond donors (Lipinski definition) is 3. The molecule has 2 aromatic rings. The summed E-state index contributed by atoms with van der Waals surface area (Å²) in [6, 6.07) is 10.3. The first kappa shape index (κ1) is 14.3. The Labute approximate surface area is 116 Å². The summed E-state index contributed by atoms with van der Waals surface area (Å²) < 4.78 is 35.8. The van der Waals surface area contributed by atoms with E-state index in [0.29, 0.717) is 17.9 Å². The lowest BCUT2D eigenvalue weighted by atomic mass is 10.2. The smallest absolute Gasteiger partial charge is 0.240 e. The van der Waals surface area contributed by atoms with Crippen molar-refractivity contribution >= 4 is 21.4 Å². The Bertz CT molecular complexity index is 715. The first-order chi connectivity index (χ1) is 9.36. The topological polar surface area (TPSA) is 98.2 Å². The molecule has 20 heavy (non-hydrogen) atoms. The van der Waals surface area contributed by atoms with Crippen LogP contribution in [0.5, 0.6) is 0 Å². The van der Waals surface area contributed by atoms with E-state index in [-0.39, 0.29) is 10.7 Å². The molecule has 5 nitrogen and oxygen atoms in total. The van der Waals surface area contributed by atoms with Crippen LogP contribution in [0.4, 0.5) is 15.8 Å². The number of nitrogens with two attached hydrogens (primary N) is 2. The SMILES string of the molecule is Nc1ccc(NCc2ccc(F)cc2)c(S(N)(=O)=O)c1. The molecule has 0 atom stereocenters. The standard InChI is InChI=1S/C13H14FN3O2S/c14-10-3-1-9(2-4-10)8-17-12-6-5-11(15)7-13(12)20(16,18)19/h1-7,17H,8,15H2,(H2,16,18,19). The molecule has 0 amide bonds. The Morgan fingerprint density at radius 3 is 2.35 bits per heavy atom. The highest BCUT2D eigenvalue weighted by Gasteiger charge is 2.14. The van der Waals surface area contributed by atoms with Crippen LogP contribution in [-0.2, 0) is 16.6 Å². The van der Waals surface area contributed by atoms with Crippen LogP contribution in [0.1, 0.15) is 5.56 Å². The highest BCUT2D eigenvalue weighted by atomic mass is 32.2. The van der Waals surface area contributed by atoms with Gasteiger partial charge in [-0.05, 0) is 35.9 Å². The number of benzene rings is 2. The van der Waals surface area contributed by atoms with Gasteiger partial charge in [-0.1, -0.05) is 12.1 Å². The van der Waals surface area contributed by atoms with E-state index in [9.17, 15) is 12.8 Å². The van der Waals surface area contributed by atoms with E-state index in [1.165, 1.54) is 18.2 Å². The minimum Gasteiger partial charge on any atom is -0.399 e. The van der Waals surface area contributed by atoms with Gasteiger partial charge in [0.1, 0.15) is 10.7 Å². The Balaban J connectivity index is 2.23. The minimum atomic E-state index is -3.87. The molecule has 0 saturated carbocycles. The van der Waals surface area contributed by atoms with Crippen LogP contribution in [0.3, 0.4) is 0 Å². The fraction of sp³-hybridized carbons (Fsp3) is 0.0769. The van der Waals surface area contributed by atoms with Gasteiger partial charge in [0.2, 0.25) is 10.0 Å². The zero-order valence-electron chi connectivity index (χ0n) is 10.5. The lowest BCUT2D eigenvalue weighted by molar-refractivity contribution is 0.598. The van der Waals surface area contributed by atoms with Gasteiger partial charge < -0.3 is 11.1 Å². The molecule has 0 aliphatic rings. The maximum atomic E-state index is 12.8. The Morgan fingerprint density at radius 1 is 1.10 bits per heavy atom. The number of nitrogen functional groups attached to an aromatic ring is 1. The average Bonchev–Trinajstić information content (AvgIpc) is 2.38. The number of nitrogens with one attached hydrogen (secondary N) is 1. The van der Waals surface area contributed by atoms with Gasteiger partial charge in [0.05, 0.1) is 5.69 Å². The van der Waals surface area contributed by atoms with Crippen LogP contribution < -0.4 is 16.2 Å². The third-order valence-electron chi connectivity index (χ3n) is 2.71. The summed E-state index contributed by atoms with van der Waals surface area (Å²) in [4.78, 5) is -0.0698. The summed E-state index contributed by atoms with van der Waals surface area (Å²) in [7, 11) is -3.87. The first-order valence-electron chi connectivity index (χ1n) is 5.77. The number of primary sulfonamides is 1. The van der Waals surface area contributed by atoms with Gasteiger partial charge in [-0.3, -0.25) is 0 Å². The molecular formula is C13H14FN3O2S. The second-order valence-electron chi connectivity index (χ2n) is 4.28. The van der Waals surface area contributed by atoms with E-state index >= 15 is 0 Å². The molecular weight excluding hydrogens is 281 g/mol. The summed E-state index contributed by atoms with van der Waals surface area (Å²) in [5.41, 5.74) is 7.03. The van der Waals surface area contributed by atoms with E-state index in [1.54, 1.807) is 24.3 Å². The largest absolute Gasteiger partial charge is 0.399 e. The molecule has 0 spiro atoms. The summed E-state index contributed by atoms with van der Waals surface area (Å²) in [6.45, 7) is 0.340. The van der Waals surface area contributed by atoms with Gasteiger partial charge in [0, 0.05) is 12.2 Å². The van der Waals surface area contributed by atoms with Crippen LogP contribution in [0.25, 0.3) is 0 Å². The molecule has 2 rings (SSSR count). The monoisotopic (exact) mass is 295 g/mol. The maximum Gasteiger partial charge on any atom is 0.240 e. The highest BCUT2D eigenvalue weighted by molar-refractivity contribution is 7.89.